The van der Waals surface area contributed by atoms with Crippen LogP contribution in [0.2, 0.25) is 5.02 Å². The molecule has 2 atom stereocenters. The van der Waals surface area contributed by atoms with Gasteiger partial charge in [0.15, 0.2) is 0 Å². The van der Waals surface area contributed by atoms with Gasteiger partial charge in [0.1, 0.15) is 11.9 Å². The first-order valence-corrected chi connectivity index (χ1v) is 12.3. The van der Waals surface area contributed by atoms with Crippen molar-refractivity contribution in [2.24, 2.45) is 5.92 Å². The molecule has 0 aromatic heterocycles. The molecule has 2 aliphatic rings. The zero-order chi connectivity index (χ0) is 24.5. The number of fused-ring (bicyclic) bond motifs is 1. The van der Waals surface area contributed by atoms with Crippen LogP contribution in [0.3, 0.4) is 0 Å². The zero-order valence-corrected chi connectivity index (χ0v) is 20.6. The van der Waals surface area contributed by atoms with Crippen LogP contribution in [0.25, 0.3) is 0 Å². The molecule has 0 bridgehead atoms. The van der Waals surface area contributed by atoms with Gasteiger partial charge < -0.3 is 14.4 Å². The summed E-state index contributed by atoms with van der Waals surface area (Å²) in [6.07, 6.45) is -4.73. The number of hydrogen-bond acceptors (Lipinski definition) is 3. The normalized spacial score (nSPS) is 22.5. The number of ether oxygens (including phenoxy) is 2. The SMILES string of the molecule is COc1ccc(CN2C(=O)C(CCBr)OC(C#CC3CC3)(C(F)(F)F)c3cc(Cl)ccc32)cc1. The van der Waals surface area contributed by atoms with Gasteiger partial charge in [-0.2, -0.15) is 13.2 Å². The lowest BCUT2D eigenvalue weighted by atomic mass is 9.91. The summed E-state index contributed by atoms with van der Waals surface area (Å²) in [7, 11) is 1.54. The van der Waals surface area contributed by atoms with Gasteiger partial charge in [-0.15, -0.1) is 0 Å². The Hall–Kier alpha value is -2.21. The van der Waals surface area contributed by atoms with Crippen molar-refractivity contribution in [1.29, 1.82) is 0 Å². The Balaban J connectivity index is 1.90. The monoisotopic (exact) mass is 555 g/mol. The molecule has 2 aromatic carbocycles. The Morgan fingerprint density at radius 3 is 2.53 bits per heavy atom. The van der Waals surface area contributed by atoms with Gasteiger partial charge in [0.25, 0.3) is 11.5 Å². The van der Waals surface area contributed by atoms with Crippen LogP contribution in [0.15, 0.2) is 42.5 Å². The van der Waals surface area contributed by atoms with E-state index in [0.29, 0.717) is 5.75 Å². The largest absolute Gasteiger partial charge is 0.497 e. The lowest BCUT2D eigenvalue weighted by molar-refractivity contribution is -0.268. The highest BCUT2D eigenvalue weighted by Crippen LogP contribution is 2.50. The molecule has 1 aliphatic heterocycles. The third-order valence-electron chi connectivity index (χ3n) is 5.79. The Labute approximate surface area is 209 Å². The van der Waals surface area contributed by atoms with Crippen LogP contribution in [0, 0.1) is 17.8 Å². The van der Waals surface area contributed by atoms with E-state index in [1.807, 2.05) is 0 Å². The van der Waals surface area contributed by atoms with Crippen LogP contribution in [-0.4, -0.2) is 30.6 Å². The number of carbonyl (C=O) groups excluding carboxylic acids is 1. The smallest absolute Gasteiger partial charge is 0.433 e. The fraction of sp³-hybridized carbons (Fsp3) is 0.400. The minimum atomic E-state index is -4.91. The average Bonchev–Trinajstić information content (AvgIpc) is 3.64. The van der Waals surface area contributed by atoms with E-state index in [4.69, 9.17) is 21.1 Å². The van der Waals surface area contributed by atoms with Gasteiger partial charge in [-0.25, -0.2) is 0 Å². The second-order valence-corrected chi connectivity index (χ2v) is 9.47. The first kappa shape index (κ1) is 24.9. The number of amides is 1. The van der Waals surface area contributed by atoms with Crippen LogP contribution < -0.4 is 9.64 Å². The number of benzene rings is 2. The zero-order valence-electron chi connectivity index (χ0n) is 18.3. The maximum atomic E-state index is 14.8. The van der Waals surface area contributed by atoms with Crippen molar-refractivity contribution in [3.63, 3.8) is 0 Å². The minimum Gasteiger partial charge on any atom is -0.497 e. The molecule has 4 nitrogen and oxygen atoms in total. The van der Waals surface area contributed by atoms with Crippen molar-refractivity contribution in [3.05, 3.63) is 58.6 Å². The second-order valence-electron chi connectivity index (χ2n) is 8.24. The Bertz CT molecular complexity index is 1120. The molecular weight excluding hydrogens is 535 g/mol. The van der Waals surface area contributed by atoms with Gasteiger partial charge in [0.2, 0.25) is 0 Å². The molecule has 2 aromatic rings. The van der Waals surface area contributed by atoms with Gasteiger partial charge in [0.05, 0.1) is 19.3 Å². The minimum absolute atomic E-state index is 0.0443. The molecule has 2 unspecified atom stereocenters. The summed E-state index contributed by atoms with van der Waals surface area (Å²) in [6, 6.07) is 11.1. The standard InChI is InChI=1S/C25H22BrClF3NO3/c1-33-19-7-4-17(5-8-19)15-31-21-9-6-18(27)14-20(21)24(25(28,29)30,12-10-16-2-3-16)34-22(11-13-26)23(31)32/h4-9,14,16,22H,2-3,11,13,15H2,1H3. The number of rotatable bonds is 5. The molecule has 1 fully saturated rings. The maximum Gasteiger partial charge on any atom is 0.433 e. The predicted octanol–water partition coefficient (Wildman–Crippen LogP) is 6.24. The molecular formula is C25H22BrClF3NO3. The summed E-state index contributed by atoms with van der Waals surface area (Å²) in [6.45, 7) is 0.0452. The van der Waals surface area contributed by atoms with Crippen molar-refractivity contribution < 1.29 is 27.4 Å². The highest BCUT2D eigenvalue weighted by molar-refractivity contribution is 9.09. The fourth-order valence-corrected chi connectivity index (χ4v) is 4.41. The van der Waals surface area contributed by atoms with Gasteiger partial charge in [-0.3, -0.25) is 4.79 Å². The molecule has 0 N–H and O–H groups in total. The van der Waals surface area contributed by atoms with Gasteiger partial charge in [-0.1, -0.05) is 51.5 Å². The lowest BCUT2D eigenvalue weighted by Gasteiger charge is -2.33. The first-order chi connectivity index (χ1) is 16.2. The predicted molar refractivity (Wildman–Crippen MR) is 127 cm³/mol. The molecule has 0 radical (unpaired) electrons. The molecule has 1 amide bonds. The number of nitrogens with zero attached hydrogens (tertiary/aromatic N) is 1. The van der Waals surface area contributed by atoms with Crippen LogP contribution in [0.4, 0.5) is 18.9 Å². The number of carbonyl (C=O) groups is 1. The first-order valence-electron chi connectivity index (χ1n) is 10.8. The summed E-state index contributed by atoms with van der Waals surface area (Å²) in [5, 5.41) is 0.376. The third-order valence-corrected chi connectivity index (χ3v) is 6.48. The Morgan fingerprint density at radius 1 is 1.24 bits per heavy atom. The molecule has 4 rings (SSSR count). The van der Waals surface area contributed by atoms with E-state index in [1.165, 1.54) is 30.2 Å². The molecule has 1 saturated carbocycles. The van der Waals surface area contributed by atoms with E-state index in [9.17, 15) is 18.0 Å². The summed E-state index contributed by atoms with van der Waals surface area (Å²) in [5.74, 6) is 5.08. The molecule has 180 valence electrons. The topological polar surface area (TPSA) is 38.8 Å². The quantitative estimate of drug-likeness (QED) is 0.323. The van der Waals surface area contributed by atoms with Crippen LogP contribution in [0.5, 0.6) is 5.75 Å². The molecule has 0 saturated heterocycles. The summed E-state index contributed by atoms with van der Waals surface area (Å²) in [5.41, 5.74) is -2.46. The number of anilines is 1. The van der Waals surface area contributed by atoms with Crippen LogP contribution >= 0.6 is 27.5 Å². The highest BCUT2D eigenvalue weighted by atomic mass is 79.9. The molecule has 34 heavy (non-hydrogen) atoms. The molecule has 0 spiro atoms. The maximum absolute atomic E-state index is 14.8. The van der Waals surface area contributed by atoms with Crippen LogP contribution in [0.1, 0.15) is 30.4 Å². The van der Waals surface area contributed by atoms with Crippen molar-refractivity contribution in [3.8, 4) is 17.6 Å². The van der Waals surface area contributed by atoms with Crippen molar-refractivity contribution in [2.75, 3.05) is 17.3 Å². The van der Waals surface area contributed by atoms with E-state index >= 15 is 0 Å². The molecule has 9 heteroatoms. The van der Waals surface area contributed by atoms with Crippen molar-refractivity contribution >= 4 is 39.1 Å². The van der Waals surface area contributed by atoms with Gasteiger partial charge >= 0.3 is 6.18 Å². The van der Waals surface area contributed by atoms with E-state index in [-0.39, 0.29) is 40.5 Å². The molecule has 1 aliphatic carbocycles. The van der Waals surface area contributed by atoms with Crippen molar-refractivity contribution in [2.45, 2.75) is 43.7 Å². The second kappa shape index (κ2) is 9.80. The Kier molecular flexibility index (Phi) is 7.18. The number of alkyl halides is 4. The third kappa shape index (κ3) is 4.93. The van der Waals surface area contributed by atoms with E-state index in [0.717, 1.165) is 18.4 Å². The van der Waals surface area contributed by atoms with Gasteiger partial charge in [0, 0.05) is 21.8 Å². The number of halogens is 5. The average molecular weight is 557 g/mol. The van der Waals surface area contributed by atoms with Crippen molar-refractivity contribution in [1.82, 2.24) is 0 Å². The molecule has 1 heterocycles. The summed E-state index contributed by atoms with van der Waals surface area (Å²) < 4.78 is 55.3. The van der Waals surface area contributed by atoms with Crippen LogP contribution in [-0.2, 0) is 21.7 Å². The summed E-state index contributed by atoms with van der Waals surface area (Å²) >= 11 is 9.41. The number of hydrogen-bond donors (Lipinski definition) is 0. The Morgan fingerprint density at radius 2 is 1.94 bits per heavy atom. The fourth-order valence-electron chi connectivity index (χ4n) is 3.82. The lowest BCUT2D eigenvalue weighted by Crippen LogP contribution is -2.47. The highest BCUT2D eigenvalue weighted by Gasteiger charge is 2.61. The van der Waals surface area contributed by atoms with E-state index in [1.54, 1.807) is 24.3 Å². The van der Waals surface area contributed by atoms with Gasteiger partial charge in [-0.05, 0) is 55.2 Å². The van der Waals surface area contributed by atoms with E-state index in [2.05, 4.69) is 27.8 Å². The van der Waals surface area contributed by atoms with E-state index < -0.39 is 23.8 Å². The number of methoxy groups -OCH3 is 1. The summed E-state index contributed by atoms with van der Waals surface area (Å²) in [4.78, 5) is 14.9.